The average molecular weight is 160 g/mol. The average Bonchev–Trinajstić information content (AvgIpc) is 2.04. The molecule has 0 heterocycles. The number of hydrogen-bond donors (Lipinski definition) is 0. The Hall–Kier alpha value is -0.780. The van der Waals surface area contributed by atoms with Gasteiger partial charge in [0, 0.05) is 5.41 Å². The molecule has 0 aliphatic heterocycles. The Balaban J connectivity index is 2.43. The summed E-state index contributed by atoms with van der Waals surface area (Å²) < 4.78 is 0. The molecule has 0 aromatic carbocycles. The molecule has 0 nitrogen and oxygen atoms in total. The Morgan fingerprint density at radius 1 is 1.33 bits per heavy atom. The summed E-state index contributed by atoms with van der Waals surface area (Å²) in [6.07, 6.45) is 13.1. The highest BCUT2D eigenvalue weighted by molar-refractivity contribution is 5.45. The molecule has 0 atom stereocenters. The molecule has 0 heteroatoms. The normalized spacial score (nSPS) is 25.8. The highest BCUT2D eigenvalue weighted by Gasteiger charge is 2.26. The number of rotatable bonds is 0. The van der Waals surface area contributed by atoms with Gasteiger partial charge in [-0.25, -0.2) is 0 Å². The minimum absolute atomic E-state index is 0.282. The molecule has 0 radical (unpaired) electrons. The van der Waals surface area contributed by atoms with Crippen molar-refractivity contribution in [1.29, 1.82) is 0 Å². The summed E-state index contributed by atoms with van der Waals surface area (Å²) in [4.78, 5) is 0. The van der Waals surface area contributed by atoms with Crippen LogP contribution in [0.25, 0.3) is 0 Å². The maximum Gasteiger partial charge on any atom is 0.00779 e. The summed E-state index contributed by atoms with van der Waals surface area (Å²) in [5.41, 5.74) is 3.41. The van der Waals surface area contributed by atoms with Gasteiger partial charge in [0.2, 0.25) is 0 Å². The zero-order valence-corrected chi connectivity index (χ0v) is 7.93. The van der Waals surface area contributed by atoms with Crippen molar-refractivity contribution < 1.29 is 0 Å². The third-order valence-corrected chi connectivity index (χ3v) is 2.85. The van der Waals surface area contributed by atoms with Crippen molar-refractivity contribution in [3.63, 3.8) is 0 Å². The van der Waals surface area contributed by atoms with Crippen LogP contribution in [0.15, 0.2) is 35.5 Å². The summed E-state index contributed by atoms with van der Waals surface area (Å²) in [5, 5.41) is 0. The zero-order valence-electron chi connectivity index (χ0n) is 7.93. The van der Waals surface area contributed by atoms with Crippen LogP contribution >= 0.6 is 0 Å². The van der Waals surface area contributed by atoms with Crippen molar-refractivity contribution in [2.24, 2.45) is 5.41 Å². The van der Waals surface area contributed by atoms with Gasteiger partial charge >= 0.3 is 0 Å². The minimum atomic E-state index is 0.282. The fraction of sp³-hybridized carbons (Fsp3) is 0.500. The fourth-order valence-electron chi connectivity index (χ4n) is 2.15. The van der Waals surface area contributed by atoms with Crippen LogP contribution in [-0.2, 0) is 0 Å². The molecule has 2 aliphatic rings. The Labute approximate surface area is 74.7 Å². The molecule has 0 N–H and O–H groups in total. The van der Waals surface area contributed by atoms with E-state index >= 15 is 0 Å². The van der Waals surface area contributed by atoms with Crippen molar-refractivity contribution in [1.82, 2.24) is 0 Å². The molecule has 0 aromatic heterocycles. The van der Waals surface area contributed by atoms with Gasteiger partial charge in [-0.15, -0.1) is 0 Å². The molecule has 0 bridgehead atoms. The molecule has 12 heavy (non-hydrogen) atoms. The van der Waals surface area contributed by atoms with Gasteiger partial charge in [0.05, 0.1) is 0 Å². The van der Waals surface area contributed by atoms with Gasteiger partial charge in [-0.3, -0.25) is 0 Å². The fourth-order valence-corrected chi connectivity index (χ4v) is 2.15. The van der Waals surface area contributed by atoms with Crippen molar-refractivity contribution in [3.05, 3.63) is 35.5 Å². The van der Waals surface area contributed by atoms with E-state index in [1.807, 2.05) is 0 Å². The predicted molar refractivity (Wildman–Crippen MR) is 52.9 cm³/mol. The third-order valence-electron chi connectivity index (χ3n) is 2.85. The van der Waals surface area contributed by atoms with E-state index in [0.29, 0.717) is 0 Å². The monoisotopic (exact) mass is 160 g/mol. The van der Waals surface area contributed by atoms with E-state index in [2.05, 4.69) is 38.2 Å². The molecule has 0 saturated heterocycles. The first-order valence-electron chi connectivity index (χ1n) is 4.79. The van der Waals surface area contributed by atoms with Gasteiger partial charge in [-0.2, -0.15) is 0 Å². The number of fused-ring (bicyclic) bond motifs is 1. The molecule has 2 rings (SSSR count). The lowest BCUT2D eigenvalue weighted by molar-refractivity contribution is 0.557. The quantitative estimate of drug-likeness (QED) is 0.507. The van der Waals surface area contributed by atoms with E-state index in [9.17, 15) is 0 Å². The molecular weight excluding hydrogens is 144 g/mol. The van der Waals surface area contributed by atoms with Crippen LogP contribution in [0.1, 0.15) is 33.1 Å². The zero-order chi connectivity index (χ0) is 8.60. The van der Waals surface area contributed by atoms with Crippen LogP contribution in [-0.4, -0.2) is 0 Å². The van der Waals surface area contributed by atoms with Crippen molar-refractivity contribution in [2.75, 3.05) is 0 Å². The van der Waals surface area contributed by atoms with Gasteiger partial charge in [0.1, 0.15) is 0 Å². The first-order valence-corrected chi connectivity index (χ1v) is 4.79. The second kappa shape index (κ2) is 2.62. The van der Waals surface area contributed by atoms with Crippen molar-refractivity contribution in [3.8, 4) is 0 Å². The van der Waals surface area contributed by atoms with E-state index in [4.69, 9.17) is 0 Å². The first-order chi connectivity index (χ1) is 5.70. The Morgan fingerprint density at radius 3 is 2.92 bits per heavy atom. The summed E-state index contributed by atoms with van der Waals surface area (Å²) in [6.45, 7) is 4.60. The standard InChI is InChI=1S/C12H16/c1-12(2)9-5-7-10-6-3-4-8-11(10)12/h5,7-9H,3-4,6H2,1-2H3. The molecular formula is C12H16. The molecule has 0 aromatic rings. The smallest absolute Gasteiger partial charge is 0.00779 e. The van der Waals surface area contributed by atoms with Crippen LogP contribution in [0.5, 0.6) is 0 Å². The van der Waals surface area contributed by atoms with Gasteiger partial charge in [0.15, 0.2) is 0 Å². The van der Waals surface area contributed by atoms with Crippen LogP contribution in [0.3, 0.4) is 0 Å². The molecule has 0 spiro atoms. The maximum atomic E-state index is 2.42. The molecule has 0 fully saturated rings. The lowest BCUT2D eigenvalue weighted by atomic mass is 9.73. The summed E-state index contributed by atoms with van der Waals surface area (Å²) in [5.74, 6) is 0. The number of hydrogen-bond acceptors (Lipinski definition) is 0. The molecule has 0 amide bonds. The van der Waals surface area contributed by atoms with Gasteiger partial charge in [-0.1, -0.05) is 38.2 Å². The van der Waals surface area contributed by atoms with E-state index in [1.54, 1.807) is 11.1 Å². The maximum absolute atomic E-state index is 2.42. The van der Waals surface area contributed by atoms with Crippen molar-refractivity contribution in [2.45, 2.75) is 33.1 Å². The van der Waals surface area contributed by atoms with Gasteiger partial charge in [0.25, 0.3) is 0 Å². The highest BCUT2D eigenvalue weighted by Crippen LogP contribution is 2.40. The van der Waals surface area contributed by atoms with Crippen molar-refractivity contribution >= 4 is 0 Å². The first kappa shape index (κ1) is 7.85. The van der Waals surface area contributed by atoms with Crippen LogP contribution in [0.2, 0.25) is 0 Å². The summed E-state index contributed by atoms with van der Waals surface area (Å²) in [7, 11) is 0. The van der Waals surface area contributed by atoms with Gasteiger partial charge < -0.3 is 0 Å². The lowest BCUT2D eigenvalue weighted by Gasteiger charge is -2.32. The van der Waals surface area contributed by atoms with Crippen LogP contribution < -0.4 is 0 Å². The summed E-state index contributed by atoms with van der Waals surface area (Å²) in [6, 6.07) is 0. The van der Waals surface area contributed by atoms with E-state index in [1.165, 1.54) is 19.3 Å². The SMILES string of the molecule is CC1(C)C=CC=C2CCCC=C21. The topological polar surface area (TPSA) is 0 Å². The Bertz CT molecular complexity index is 274. The van der Waals surface area contributed by atoms with Crippen LogP contribution in [0, 0.1) is 5.41 Å². The molecule has 2 aliphatic carbocycles. The number of allylic oxidation sites excluding steroid dienone is 6. The lowest BCUT2D eigenvalue weighted by Crippen LogP contribution is -2.17. The minimum Gasteiger partial charge on any atom is -0.0802 e. The largest absolute Gasteiger partial charge is 0.0802 e. The molecule has 0 unspecified atom stereocenters. The molecule has 0 saturated carbocycles. The second-order valence-electron chi connectivity index (χ2n) is 4.28. The van der Waals surface area contributed by atoms with Crippen LogP contribution in [0.4, 0.5) is 0 Å². The Morgan fingerprint density at radius 2 is 2.17 bits per heavy atom. The molecule has 64 valence electrons. The van der Waals surface area contributed by atoms with E-state index < -0.39 is 0 Å². The predicted octanol–water partition coefficient (Wildman–Crippen LogP) is 3.62. The third kappa shape index (κ3) is 1.16. The Kier molecular flexibility index (Phi) is 1.71. The van der Waals surface area contributed by atoms with E-state index in [-0.39, 0.29) is 5.41 Å². The highest BCUT2D eigenvalue weighted by atomic mass is 14.3. The van der Waals surface area contributed by atoms with E-state index in [0.717, 1.165) is 0 Å². The summed E-state index contributed by atoms with van der Waals surface area (Å²) >= 11 is 0. The van der Waals surface area contributed by atoms with Gasteiger partial charge in [-0.05, 0) is 30.4 Å². The second-order valence-corrected chi connectivity index (χ2v) is 4.28.